The minimum absolute atomic E-state index is 0.0674. The van der Waals surface area contributed by atoms with Crippen molar-refractivity contribution in [3.05, 3.63) is 65.8 Å². The second kappa shape index (κ2) is 7.99. The van der Waals surface area contributed by atoms with E-state index in [1.807, 2.05) is 0 Å². The van der Waals surface area contributed by atoms with Crippen molar-refractivity contribution in [3.8, 4) is 5.75 Å². The van der Waals surface area contributed by atoms with Crippen LogP contribution in [0.2, 0.25) is 0 Å². The van der Waals surface area contributed by atoms with E-state index in [1.165, 1.54) is 0 Å². The van der Waals surface area contributed by atoms with Crippen LogP contribution in [0, 0.1) is 0 Å². The molecule has 0 fully saturated rings. The lowest BCUT2D eigenvalue weighted by Gasteiger charge is -2.09. The molecule has 0 atom stereocenters. The number of rotatable bonds is 5. The number of urea groups is 1. The molecule has 0 radical (unpaired) electrons. The fourth-order valence-corrected chi connectivity index (χ4v) is 2.30. The second-order valence-corrected chi connectivity index (χ2v) is 5.69. The molecule has 7 nitrogen and oxygen atoms in total. The van der Waals surface area contributed by atoms with Crippen LogP contribution in [0.5, 0.6) is 5.75 Å². The van der Waals surface area contributed by atoms with Crippen LogP contribution in [0.3, 0.4) is 0 Å². The van der Waals surface area contributed by atoms with Gasteiger partial charge >= 0.3 is 18.1 Å². The minimum Gasteiger partial charge on any atom is -0.497 e. The number of benzene rings is 2. The van der Waals surface area contributed by atoms with Gasteiger partial charge in [-0.05, 0) is 42.0 Å². The molecular formula is C18H15F3N4O3. The molecule has 1 aromatic heterocycles. The van der Waals surface area contributed by atoms with Gasteiger partial charge in [-0.1, -0.05) is 17.3 Å². The summed E-state index contributed by atoms with van der Waals surface area (Å²) in [6.07, 6.45) is -4.60. The summed E-state index contributed by atoms with van der Waals surface area (Å²) in [6.45, 7) is 0. The fourth-order valence-electron chi connectivity index (χ4n) is 2.30. The number of hydrogen-bond donors (Lipinski definition) is 2. The number of nitrogens with zero attached hydrogens (tertiary/aromatic N) is 2. The van der Waals surface area contributed by atoms with Crippen molar-refractivity contribution in [1.82, 2.24) is 10.1 Å². The highest BCUT2D eigenvalue weighted by molar-refractivity contribution is 5.99. The number of alkyl halides is 3. The third-order valence-electron chi connectivity index (χ3n) is 3.63. The Morgan fingerprint density at radius 3 is 2.11 bits per heavy atom. The zero-order valence-corrected chi connectivity index (χ0v) is 14.6. The molecule has 2 N–H and O–H groups in total. The summed E-state index contributed by atoms with van der Waals surface area (Å²) < 4.78 is 46.6. The van der Waals surface area contributed by atoms with Crippen LogP contribution in [0.25, 0.3) is 0 Å². The summed E-state index contributed by atoms with van der Waals surface area (Å²) in [4.78, 5) is 15.3. The molecule has 146 valence electrons. The van der Waals surface area contributed by atoms with E-state index in [1.54, 1.807) is 55.6 Å². The highest BCUT2D eigenvalue weighted by atomic mass is 19.4. The minimum atomic E-state index is -4.67. The average Bonchev–Trinajstić information content (AvgIpc) is 3.13. The number of anilines is 2. The maximum absolute atomic E-state index is 12.5. The first-order valence-corrected chi connectivity index (χ1v) is 8.04. The molecule has 3 rings (SSSR count). The van der Waals surface area contributed by atoms with Crippen molar-refractivity contribution in [2.24, 2.45) is 0 Å². The average molecular weight is 392 g/mol. The molecule has 0 saturated carbocycles. The Morgan fingerprint density at radius 2 is 1.61 bits per heavy atom. The third-order valence-corrected chi connectivity index (χ3v) is 3.63. The molecular weight excluding hydrogens is 377 g/mol. The van der Waals surface area contributed by atoms with Crippen molar-refractivity contribution in [2.45, 2.75) is 12.6 Å². The maximum atomic E-state index is 12.5. The molecule has 0 bridgehead atoms. The van der Waals surface area contributed by atoms with Gasteiger partial charge in [0, 0.05) is 17.8 Å². The van der Waals surface area contributed by atoms with E-state index in [-0.39, 0.29) is 12.2 Å². The molecule has 0 aliphatic rings. The summed E-state index contributed by atoms with van der Waals surface area (Å²) in [7, 11) is 1.55. The van der Waals surface area contributed by atoms with Gasteiger partial charge in [0.25, 0.3) is 0 Å². The molecule has 0 aliphatic heterocycles. The Hall–Kier alpha value is -3.56. The Balaban J connectivity index is 1.56. The van der Waals surface area contributed by atoms with Gasteiger partial charge in [0.15, 0.2) is 5.82 Å². The standard InChI is InChI=1S/C18H15F3N4O3/c1-27-14-8-6-13(7-9-14)23-17(26)22-12-4-2-11(3-5-12)10-15-24-16(28-25-15)18(19,20)21/h2-9H,10H2,1H3,(H2,22,23,26). The molecule has 3 aromatic rings. The molecule has 1 heterocycles. The number of methoxy groups -OCH3 is 1. The first-order chi connectivity index (χ1) is 13.3. The smallest absolute Gasteiger partial charge is 0.471 e. The van der Waals surface area contributed by atoms with Crippen LogP contribution < -0.4 is 15.4 Å². The number of ether oxygens (including phenoxy) is 1. The normalized spacial score (nSPS) is 11.1. The SMILES string of the molecule is COc1ccc(NC(=O)Nc2ccc(Cc3noc(C(F)(F)F)n3)cc2)cc1. The largest absolute Gasteiger partial charge is 0.497 e. The summed E-state index contributed by atoms with van der Waals surface area (Å²) in [5.41, 5.74) is 1.77. The number of carbonyl (C=O) groups excluding carboxylic acids is 1. The van der Waals surface area contributed by atoms with E-state index in [0.29, 0.717) is 22.7 Å². The molecule has 28 heavy (non-hydrogen) atoms. The first kappa shape index (κ1) is 19.2. The molecule has 2 amide bonds. The van der Waals surface area contributed by atoms with Gasteiger partial charge in [-0.2, -0.15) is 18.2 Å². The Labute approximate surface area is 157 Å². The topological polar surface area (TPSA) is 89.3 Å². The van der Waals surface area contributed by atoms with Crippen LogP contribution in [0.15, 0.2) is 53.1 Å². The predicted molar refractivity (Wildman–Crippen MR) is 94.2 cm³/mol. The number of halogens is 3. The van der Waals surface area contributed by atoms with Gasteiger partial charge in [-0.3, -0.25) is 0 Å². The van der Waals surface area contributed by atoms with Crippen LogP contribution in [0.4, 0.5) is 29.3 Å². The van der Waals surface area contributed by atoms with Crippen molar-refractivity contribution in [2.75, 3.05) is 17.7 Å². The molecule has 0 aliphatic carbocycles. The molecule has 0 saturated heterocycles. The molecule has 0 unspecified atom stereocenters. The van der Waals surface area contributed by atoms with Crippen LogP contribution in [-0.4, -0.2) is 23.3 Å². The lowest BCUT2D eigenvalue weighted by Crippen LogP contribution is -2.19. The van der Waals surface area contributed by atoms with E-state index in [0.717, 1.165) is 0 Å². The van der Waals surface area contributed by atoms with E-state index >= 15 is 0 Å². The van der Waals surface area contributed by atoms with Gasteiger partial charge < -0.3 is 19.9 Å². The van der Waals surface area contributed by atoms with Crippen molar-refractivity contribution in [1.29, 1.82) is 0 Å². The van der Waals surface area contributed by atoms with Gasteiger partial charge in [-0.25, -0.2) is 4.79 Å². The summed E-state index contributed by atoms with van der Waals surface area (Å²) in [6, 6.07) is 12.9. The van der Waals surface area contributed by atoms with Crippen LogP contribution in [-0.2, 0) is 12.6 Å². The Morgan fingerprint density at radius 1 is 1.04 bits per heavy atom. The van der Waals surface area contributed by atoms with Gasteiger partial charge in [0.2, 0.25) is 0 Å². The fraction of sp³-hybridized carbons (Fsp3) is 0.167. The van der Waals surface area contributed by atoms with Crippen molar-refractivity contribution < 1.29 is 27.2 Å². The van der Waals surface area contributed by atoms with E-state index in [4.69, 9.17) is 4.74 Å². The highest BCUT2D eigenvalue weighted by Crippen LogP contribution is 2.27. The van der Waals surface area contributed by atoms with E-state index < -0.39 is 18.1 Å². The first-order valence-electron chi connectivity index (χ1n) is 8.04. The number of carbonyl (C=O) groups is 1. The summed E-state index contributed by atoms with van der Waals surface area (Å²) in [5.74, 6) is -0.785. The monoisotopic (exact) mass is 392 g/mol. The summed E-state index contributed by atoms with van der Waals surface area (Å²) in [5, 5.41) is 8.64. The Bertz CT molecular complexity index is 938. The number of nitrogens with one attached hydrogen (secondary N) is 2. The second-order valence-electron chi connectivity index (χ2n) is 5.69. The third kappa shape index (κ3) is 5.00. The lowest BCUT2D eigenvalue weighted by molar-refractivity contribution is -0.159. The van der Waals surface area contributed by atoms with Crippen LogP contribution in [0.1, 0.15) is 17.3 Å². The van der Waals surface area contributed by atoms with Gasteiger partial charge in [0.05, 0.1) is 7.11 Å². The molecule has 2 aromatic carbocycles. The number of amides is 2. The maximum Gasteiger partial charge on any atom is 0.471 e. The number of hydrogen-bond acceptors (Lipinski definition) is 5. The van der Waals surface area contributed by atoms with E-state index in [9.17, 15) is 18.0 Å². The van der Waals surface area contributed by atoms with Crippen molar-refractivity contribution in [3.63, 3.8) is 0 Å². The zero-order chi connectivity index (χ0) is 20.1. The molecule has 0 spiro atoms. The highest BCUT2D eigenvalue weighted by Gasteiger charge is 2.38. The zero-order valence-electron chi connectivity index (χ0n) is 14.6. The van der Waals surface area contributed by atoms with Crippen molar-refractivity contribution >= 4 is 17.4 Å². The van der Waals surface area contributed by atoms with E-state index in [2.05, 4.69) is 25.3 Å². The molecule has 10 heteroatoms. The summed E-state index contributed by atoms with van der Waals surface area (Å²) >= 11 is 0. The number of aromatic nitrogens is 2. The predicted octanol–water partition coefficient (Wildman–Crippen LogP) is 4.33. The lowest BCUT2D eigenvalue weighted by atomic mass is 10.1. The quantitative estimate of drug-likeness (QED) is 0.675. The van der Waals surface area contributed by atoms with Gasteiger partial charge in [-0.15, -0.1) is 0 Å². The Kier molecular flexibility index (Phi) is 5.48. The van der Waals surface area contributed by atoms with Gasteiger partial charge in [0.1, 0.15) is 5.75 Å². The van der Waals surface area contributed by atoms with Crippen LogP contribution >= 0.6 is 0 Å².